The fraction of sp³-hybridized carbons (Fsp3) is 0.393. The summed E-state index contributed by atoms with van der Waals surface area (Å²) in [5.41, 5.74) is 1.09. The molecule has 0 aliphatic heterocycles. The molecule has 37 heavy (non-hydrogen) atoms. The molecule has 3 aromatic rings. The number of nitrogens with zero attached hydrogens (tertiary/aromatic N) is 1. The highest BCUT2D eigenvalue weighted by molar-refractivity contribution is 5.99. The first-order valence-corrected chi connectivity index (χ1v) is 12.1. The highest BCUT2D eigenvalue weighted by Crippen LogP contribution is 2.35. The maximum atomic E-state index is 13.3. The Labute approximate surface area is 216 Å². The third kappa shape index (κ3) is 7.25. The van der Waals surface area contributed by atoms with Gasteiger partial charge in [-0.3, -0.25) is 4.79 Å². The number of fused-ring (bicyclic) bond motifs is 1. The second kappa shape index (κ2) is 11.4. The molecule has 0 spiro atoms. The Bertz CT molecular complexity index is 1330. The van der Waals surface area contributed by atoms with Crippen molar-refractivity contribution in [1.29, 1.82) is 0 Å². The zero-order valence-electron chi connectivity index (χ0n) is 22.4. The predicted molar refractivity (Wildman–Crippen MR) is 145 cm³/mol. The van der Waals surface area contributed by atoms with Crippen molar-refractivity contribution in [2.75, 3.05) is 24.4 Å². The molecule has 198 valence electrons. The molecule has 2 amide bonds. The highest BCUT2D eigenvalue weighted by atomic mass is 16.6. The van der Waals surface area contributed by atoms with Gasteiger partial charge in [-0.25, -0.2) is 9.59 Å². The number of nitrogens with one attached hydrogen (secondary N) is 2. The van der Waals surface area contributed by atoms with Crippen molar-refractivity contribution in [3.63, 3.8) is 0 Å². The first kappa shape index (κ1) is 27.6. The summed E-state index contributed by atoms with van der Waals surface area (Å²) >= 11 is 0. The molecular weight excluding hydrogens is 474 g/mol. The lowest BCUT2D eigenvalue weighted by atomic mass is 10.0. The summed E-state index contributed by atoms with van der Waals surface area (Å²) in [6, 6.07) is 13.2. The second-order valence-electron chi connectivity index (χ2n) is 10.2. The van der Waals surface area contributed by atoms with E-state index < -0.39 is 29.3 Å². The van der Waals surface area contributed by atoms with E-state index in [1.807, 2.05) is 44.0 Å². The van der Waals surface area contributed by atoms with Crippen molar-refractivity contribution < 1.29 is 23.5 Å². The monoisotopic (exact) mass is 509 g/mol. The van der Waals surface area contributed by atoms with Gasteiger partial charge in [0.05, 0.1) is 18.5 Å². The lowest BCUT2D eigenvalue weighted by Crippen LogP contribution is -2.46. The van der Waals surface area contributed by atoms with E-state index in [-0.39, 0.29) is 5.92 Å². The third-order valence-corrected chi connectivity index (χ3v) is 5.53. The fourth-order valence-corrected chi connectivity index (χ4v) is 3.89. The summed E-state index contributed by atoms with van der Waals surface area (Å²) in [7, 11) is 3.33. The lowest BCUT2D eigenvalue weighted by Gasteiger charge is -2.25. The summed E-state index contributed by atoms with van der Waals surface area (Å²) in [4.78, 5) is 39.7. The highest BCUT2D eigenvalue weighted by Gasteiger charge is 2.26. The van der Waals surface area contributed by atoms with E-state index in [1.54, 1.807) is 45.0 Å². The molecule has 0 saturated carbocycles. The number of hydrogen-bond donors (Lipinski definition) is 2. The Balaban J connectivity index is 1.91. The minimum Gasteiger partial charge on any atom is -0.495 e. The summed E-state index contributed by atoms with van der Waals surface area (Å²) < 4.78 is 16.1. The van der Waals surface area contributed by atoms with Gasteiger partial charge in [0.15, 0.2) is 0 Å². The van der Waals surface area contributed by atoms with Gasteiger partial charge in [-0.05, 0) is 63.4 Å². The zero-order chi connectivity index (χ0) is 27.3. The maximum absolute atomic E-state index is 13.3. The fourth-order valence-electron chi connectivity index (χ4n) is 3.89. The van der Waals surface area contributed by atoms with E-state index in [1.165, 1.54) is 13.2 Å². The van der Waals surface area contributed by atoms with Gasteiger partial charge in [-0.15, -0.1) is 0 Å². The minimum absolute atomic E-state index is 0.142. The molecular formula is C28H35N3O6. The summed E-state index contributed by atoms with van der Waals surface area (Å²) in [5.74, 6) is 0.190. The molecule has 3 rings (SSSR count). The van der Waals surface area contributed by atoms with Crippen molar-refractivity contribution in [2.24, 2.45) is 5.92 Å². The lowest BCUT2D eigenvalue weighted by molar-refractivity contribution is -0.118. The summed E-state index contributed by atoms with van der Waals surface area (Å²) in [6.45, 7) is 9.21. The van der Waals surface area contributed by atoms with Gasteiger partial charge >= 0.3 is 11.7 Å². The van der Waals surface area contributed by atoms with Crippen LogP contribution in [0.3, 0.4) is 0 Å². The number of anilines is 3. The number of methoxy groups -OCH3 is 1. The number of alkyl carbamates (subject to hydrolysis) is 1. The number of benzene rings is 2. The van der Waals surface area contributed by atoms with Crippen LogP contribution >= 0.6 is 0 Å². The average Bonchev–Trinajstić information content (AvgIpc) is 2.81. The number of hydrogen-bond acceptors (Lipinski definition) is 7. The molecule has 2 N–H and O–H groups in total. The summed E-state index contributed by atoms with van der Waals surface area (Å²) in [6.07, 6.45) is -0.248. The molecule has 2 aromatic carbocycles. The number of para-hydroxylation sites is 1. The van der Waals surface area contributed by atoms with Crippen molar-refractivity contribution in [2.45, 2.75) is 52.7 Å². The standard InChI is InChI=1S/C28H35N3O6/c1-17(2)14-21(30-27(34)37-28(3,4)5)26(33)29-20-15-18(12-13-24(20)35-7)31(6)22-16-25(32)36-23-11-9-8-10-19(22)23/h8-13,15-17,21H,14H2,1-7H3,(H,29,33)(H,30,34). The number of carbonyl (C=O) groups is 2. The van der Waals surface area contributed by atoms with Crippen LogP contribution in [0, 0.1) is 5.92 Å². The Hall–Kier alpha value is -4.01. The predicted octanol–water partition coefficient (Wildman–Crippen LogP) is 5.45. The number of carbonyl (C=O) groups excluding carboxylic acids is 2. The molecule has 1 aromatic heterocycles. The molecule has 9 heteroatoms. The zero-order valence-corrected chi connectivity index (χ0v) is 22.4. The number of ether oxygens (including phenoxy) is 2. The van der Waals surface area contributed by atoms with E-state index in [4.69, 9.17) is 13.9 Å². The van der Waals surface area contributed by atoms with Gasteiger partial charge in [0.2, 0.25) is 5.91 Å². The van der Waals surface area contributed by atoms with Gasteiger partial charge in [-0.1, -0.05) is 26.0 Å². The molecule has 1 unspecified atom stereocenters. The molecule has 1 heterocycles. The van der Waals surface area contributed by atoms with Gasteiger partial charge in [-0.2, -0.15) is 0 Å². The van der Waals surface area contributed by atoms with Crippen LogP contribution in [0.5, 0.6) is 5.75 Å². The van der Waals surface area contributed by atoms with Gasteiger partial charge in [0, 0.05) is 24.2 Å². The number of amides is 2. The first-order valence-electron chi connectivity index (χ1n) is 12.1. The van der Waals surface area contributed by atoms with Crippen LogP contribution in [0.15, 0.2) is 57.7 Å². The SMILES string of the molecule is COc1ccc(N(C)c2cc(=O)oc3ccccc23)cc1NC(=O)C(CC(C)C)NC(=O)OC(C)(C)C. The molecule has 0 aliphatic rings. The normalized spacial score (nSPS) is 12.2. The molecule has 9 nitrogen and oxygen atoms in total. The van der Waals surface area contributed by atoms with Crippen LogP contribution in [-0.4, -0.2) is 37.8 Å². The van der Waals surface area contributed by atoms with Crippen LogP contribution < -0.4 is 25.9 Å². The quantitative estimate of drug-likeness (QED) is 0.389. The largest absolute Gasteiger partial charge is 0.495 e. The van der Waals surface area contributed by atoms with Crippen LogP contribution in [0.1, 0.15) is 41.0 Å². The summed E-state index contributed by atoms with van der Waals surface area (Å²) in [5, 5.41) is 6.34. The van der Waals surface area contributed by atoms with Crippen LogP contribution in [-0.2, 0) is 9.53 Å². The molecule has 0 saturated heterocycles. The van der Waals surface area contributed by atoms with Crippen molar-refractivity contribution >= 4 is 40.0 Å². The Morgan fingerprint density at radius 3 is 2.43 bits per heavy atom. The molecule has 0 aliphatic carbocycles. The Kier molecular flexibility index (Phi) is 8.47. The van der Waals surface area contributed by atoms with E-state index in [9.17, 15) is 14.4 Å². The van der Waals surface area contributed by atoms with Crippen molar-refractivity contribution in [3.8, 4) is 5.75 Å². The average molecular weight is 510 g/mol. The van der Waals surface area contributed by atoms with E-state index in [0.717, 1.165) is 5.39 Å². The van der Waals surface area contributed by atoms with E-state index >= 15 is 0 Å². The van der Waals surface area contributed by atoms with Crippen LogP contribution in [0.25, 0.3) is 11.0 Å². The molecule has 0 bridgehead atoms. The maximum Gasteiger partial charge on any atom is 0.408 e. The Morgan fingerprint density at radius 2 is 1.78 bits per heavy atom. The molecule has 1 atom stereocenters. The van der Waals surface area contributed by atoms with Crippen molar-refractivity contribution in [1.82, 2.24) is 5.32 Å². The third-order valence-electron chi connectivity index (χ3n) is 5.53. The van der Waals surface area contributed by atoms with Gasteiger partial charge in [0.1, 0.15) is 23.0 Å². The van der Waals surface area contributed by atoms with Crippen LogP contribution in [0.4, 0.5) is 21.9 Å². The van der Waals surface area contributed by atoms with E-state index in [2.05, 4.69) is 10.6 Å². The van der Waals surface area contributed by atoms with Crippen molar-refractivity contribution in [3.05, 3.63) is 59.0 Å². The van der Waals surface area contributed by atoms with Crippen LogP contribution in [0.2, 0.25) is 0 Å². The second-order valence-corrected chi connectivity index (χ2v) is 10.2. The van der Waals surface area contributed by atoms with Gasteiger partial charge < -0.3 is 29.4 Å². The smallest absolute Gasteiger partial charge is 0.408 e. The molecule has 0 fully saturated rings. The minimum atomic E-state index is -0.816. The number of rotatable bonds is 8. The topological polar surface area (TPSA) is 110 Å². The molecule has 0 radical (unpaired) electrons. The Morgan fingerprint density at radius 1 is 1.08 bits per heavy atom. The van der Waals surface area contributed by atoms with E-state index in [0.29, 0.717) is 34.8 Å². The van der Waals surface area contributed by atoms with Gasteiger partial charge in [0.25, 0.3) is 0 Å². The first-order chi connectivity index (χ1) is 17.4.